The molecule has 0 radical (unpaired) electrons. The van der Waals surface area contributed by atoms with E-state index in [1.165, 1.54) is 9.25 Å². The highest BCUT2D eigenvalue weighted by Crippen LogP contribution is 2.30. The lowest BCUT2D eigenvalue weighted by Gasteiger charge is -2.23. The van der Waals surface area contributed by atoms with Gasteiger partial charge in [-0.2, -0.15) is 18.3 Å². The van der Waals surface area contributed by atoms with Crippen molar-refractivity contribution < 1.29 is 18.0 Å². The van der Waals surface area contributed by atoms with Gasteiger partial charge < -0.3 is 9.88 Å². The van der Waals surface area contributed by atoms with E-state index >= 15 is 0 Å². The molecule has 1 atom stereocenters. The number of hydrogen-bond acceptors (Lipinski definition) is 3. The number of aromatic nitrogens is 4. The Labute approximate surface area is 135 Å². The van der Waals surface area contributed by atoms with Gasteiger partial charge in [0.15, 0.2) is 5.69 Å². The van der Waals surface area contributed by atoms with Gasteiger partial charge in [0.25, 0.3) is 0 Å². The highest BCUT2D eigenvalue weighted by atomic mass is 19.4. The van der Waals surface area contributed by atoms with E-state index in [0.29, 0.717) is 37.6 Å². The number of fused-ring (bicyclic) bond motifs is 1. The zero-order valence-corrected chi connectivity index (χ0v) is 13.0. The van der Waals surface area contributed by atoms with E-state index in [9.17, 15) is 18.0 Å². The Morgan fingerprint density at radius 2 is 2.25 bits per heavy atom. The van der Waals surface area contributed by atoms with Crippen molar-refractivity contribution in [2.75, 3.05) is 11.9 Å². The summed E-state index contributed by atoms with van der Waals surface area (Å²) in [6.45, 7) is 0.785. The van der Waals surface area contributed by atoms with Gasteiger partial charge in [0, 0.05) is 38.8 Å². The molecule has 2 N–H and O–H groups in total. The molecule has 1 aliphatic rings. The summed E-state index contributed by atoms with van der Waals surface area (Å²) in [5.74, 6) is 1.06. The molecular formula is C14H17F3N6O. The first-order valence-corrected chi connectivity index (χ1v) is 7.49. The molecule has 0 spiro atoms. The molecule has 0 saturated heterocycles. The van der Waals surface area contributed by atoms with Crippen LogP contribution >= 0.6 is 0 Å². The van der Waals surface area contributed by atoms with E-state index in [-0.39, 0.29) is 11.9 Å². The predicted molar refractivity (Wildman–Crippen MR) is 79.3 cm³/mol. The van der Waals surface area contributed by atoms with Gasteiger partial charge in [-0.25, -0.2) is 9.78 Å². The molecule has 1 aliphatic heterocycles. The lowest BCUT2D eigenvalue weighted by Crippen LogP contribution is -2.36. The Balaban J connectivity index is 1.53. The maximum Gasteiger partial charge on any atom is 0.434 e. The lowest BCUT2D eigenvalue weighted by molar-refractivity contribution is -0.141. The number of nitrogens with zero attached hydrogens (tertiary/aromatic N) is 4. The number of aryl methyl sites for hydroxylation is 2. The third kappa shape index (κ3) is 3.52. The molecule has 2 aromatic heterocycles. The summed E-state index contributed by atoms with van der Waals surface area (Å²) in [5.41, 5.74) is -0.861. The zero-order chi connectivity index (χ0) is 17.3. The number of carbonyl (C=O) groups excluding carboxylic acids is 1. The summed E-state index contributed by atoms with van der Waals surface area (Å²) in [5, 5.41) is 9.33. The Bertz CT molecular complexity index is 735. The minimum Gasteiger partial charge on any atom is -0.337 e. The summed E-state index contributed by atoms with van der Waals surface area (Å²) >= 11 is 0. The molecule has 0 bridgehead atoms. The molecule has 2 aromatic rings. The van der Waals surface area contributed by atoms with E-state index in [1.54, 1.807) is 19.3 Å². The number of halogens is 3. The molecule has 3 heterocycles. The summed E-state index contributed by atoms with van der Waals surface area (Å²) in [7, 11) is 1.70. The monoisotopic (exact) mass is 342 g/mol. The van der Waals surface area contributed by atoms with Crippen LogP contribution in [-0.4, -0.2) is 31.9 Å². The van der Waals surface area contributed by atoms with Crippen LogP contribution in [0.3, 0.4) is 0 Å². The summed E-state index contributed by atoms with van der Waals surface area (Å²) in [6.07, 6.45) is -0.681. The molecule has 0 aromatic carbocycles. The molecule has 7 nitrogen and oxygen atoms in total. The van der Waals surface area contributed by atoms with Gasteiger partial charge in [0.2, 0.25) is 0 Å². The largest absolute Gasteiger partial charge is 0.434 e. The van der Waals surface area contributed by atoms with Crippen molar-refractivity contribution in [3.8, 4) is 0 Å². The number of rotatable bonds is 3. The second-order valence-corrected chi connectivity index (χ2v) is 5.77. The first-order valence-electron chi connectivity index (χ1n) is 7.49. The number of imidazole rings is 1. The number of amides is 2. The third-order valence-electron chi connectivity index (χ3n) is 3.99. The fourth-order valence-corrected chi connectivity index (χ4v) is 2.71. The van der Waals surface area contributed by atoms with Crippen molar-refractivity contribution in [3.05, 3.63) is 30.0 Å². The van der Waals surface area contributed by atoms with E-state index in [2.05, 4.69) is 20.7 Å². The van der Waals surface area contributed by atoms with Crippen molar-refractivity contribution in [2.24, 2.45) is 13.0 Å². The first-order chi connectivity index (χ1) is 11.3. The van der Waals surface area contributed by atoms with Crippen molar-refractivity contribution in [1.82, 2.24) is 24.6 Å². The van der Waals surface area contributed by atoms with E-state index < -0.39 is 11.9 Å². The van der Waals surface area contributed by atoms with Crippen LogP contribution in [-0.2, 0) is 26.2 Å². The molecule has 3 rings (SSSR count). The Kier molecular flexibility index (Phi) is 4.20. The van der Waals surface area contributed by atoms with E-state index in [0.717, 1.165) is 6.20 Å². The second-order valence-electron chi connectivity index (χ2n) is 5.77. The molecule has 0 aliphatic carbocycles. The van der Waals surface area contributed by atoms with Crippen LogP contribution in [0.15, 0.2) is 18.5 Å². The first kappa shape index (κ1) is 16.3. The van der Waals surface area contributed by atoms with Crippen LogP contribution in [0.5, 0.6) is 0 Å². The Morgan fingerprint density at radius 3 is 2.92 bits per heavy atom. The number of urea groups is 1. The fraction of sp³-hybridized carbons (Fsp3) is 0.500. The molecule has 0 fully saturated rings. The fourth-order valence-electron chi connectivity index (χ4n) is 2.71. The van der Waals surface area contributed by atoms with Gasteiger partial charge in [0.1, 0.15) is 11.6 Å². The van der Waals surface area contributed by atoms with Crippen molar-refractivity contribution in [2.45, 2.75) is 25.6 Å². The smallest absolute Gasteiger partial charge is 0.337 e. The number of anilines is 1. The average Bonchev–Trinajstić information content (AvgIpc) is 3.11. The molecule has 1 unspecified atom stereocenters. The molecule has 10 heteroatoms. The van der Waals surface area contributed by atoms with E-state index in [4.69, 9.17) is 0 Å². The van der Waals surface area contributed by atoms with Crippen LogP contribution in [0, 0.1) is 5.92 Å². The molecule has 130 valence electrons. The van der Waals surface area contributed by atoms with Crippen molar-refractivity contribution in [3.63, 3.8) is 0 Å². The minimum atomic E-state index is -4.43. The highest BCUT2D eigenvalue weighted by molar-refractivity contribution is 5.88. The van der Waals surface area contributed by atoms with Crippen molar-refractivity contribution in [1.29, 1.82) is 0 Å². The Morgan fingerprint density at radius 1 is 1.46 bits per heavy atom. The van der Waals surface area contributed by atoms with Gasteiger partial charge >= 0.3 is 12.2 Å². The average molecular weight is 342 g/mol. The second kappa shape index (κ2) is 6.17. The SMILES string of the molecule is Cn1nccc1NC(=O)NCC1CCc2nc(C(F)(F)F)cn2C1. The third-order valence-corrected chi connectivity index (χ3v) is 3.99. The van der Waals surface area contributed by atoms with Crippen LogP contribution < -0.4 is 10.6 Å². The van der Waals surface area contributed by atoms with Gasteiger partial charge in [-0.05, 0) is 12.3 Å². The lowest BCUT2D eigenvalue weighted by atomic mass is 9.99. The maximum atomic E-state index is 12.7. The predicted octanol–water partition coefficient (Wildman–Crippen LogP) is 2.02. The van der Waals surface area contributed by atoms with Crippen LogP contribution in [0.2, 0.25) is 0 Å². The van der Waals surface area contributed by atoms with Crippen LogP contribution in [0.25, 0.3) is 0 Å². The van der Waals surface area contributed by atoms with Crippen LogP contribution in [0.4, 0.5) is 23.8 Å². The Hall–Kier alpha value is -2.52. The summed E-state index contributed by atoms with van der Waals surface area (Å²) in [6, 6.07) is 1.29. The quantitative estimate of drug-likeness (QED) is 0.896. The van der Waals surface area contributed by atoms with Gasteiger partial charge in [-0.15, -0.1) is 0 Å². The van der Waals surface area contributed by atoms with Gasteiger partial charge in [-0.1, -0.05) is 0 Å². The molecule has 0 saturated carbocycles. The standard InChI is InChI=1S/C14H17F3N6O/c1-22-11(4-5-19-22)21-13(24)18-6-9-2-3-12-20-10(14(15,16)17)8-23(12)7-9/h4-5,8-9H,2-3,6-7H2,1H3,(H2,18,21,24). The molecule has 24 heavy (non-hydrogen) atoms. The van der Waals surface area contributed by atoms with Crippen LogP contribution in [0.1, 0.15) is 17.9 Å². The number of nitrogens with one attached hydrogen (secondary N) is 2. The van der Waals surface area contributed by atoms with E-state index in [1.807, 2.05) is 0 Å². The number of hydrogen-bond donors (Lipinski definition) is 2. The topological polar surface area (TPSA) is 76.8 Å². The highest BCUT2D eigenvalue weighted by Gasteiger charge is 2.35. The normalized spacial score (nSPS) is 17.4. The molecule has 2 amide bonds. The number of carbonyl (C=O) groups is 1. The minimum absolute atomic E-state index is 0.0603. The zero-order valence-electron chi connectivity index (χ0n) is 13.0. The van der Waals surface area contributed by atoms with Gasteiger partial charge in [-0.3, -0.25) is 10.00 Å². The summed E-state index contributed by atoms with van der Waals surface area (Å²) < 4.78 is 41.1. The number of alkyl halides is 3. The molecular weight excluding hydrogens is 325 g/mol. The van der Waals surface area contributed by atoms with Gasteiger partial charge in [0.05, 0.1) is 6.20 Å². The summed E-state index contributed by atoms with van der Waals surface area (Å²) in [4.78, 5) is 15.5. The van der Waals surface area contributed by atoms with Crippen molar-refractivity contribution >= 4 is 11.8 Å². The maximum absolute atomic E-state index is 12.7.